The zero-order valence-corrected chi connectivity index (χ0v) is 14.2. The molecule has 0 radical (unpaired) electrons. The van der Waals surface area contributed by atoms with Gasteiger partial charge in [-0.3, -0.25) is 4.90 Å². The molecular weight excluding hydrogens is 282 g/mol. The van der Waals surface area contributed by atoms with E-state index in [9.17, 15) is 0 Å². The Balaban J connectivity index is 1.52. The molecular formula is C20H27N3. The monoisotopic (exact) mass is 309 g/mol. The van der Waals surface area contributed by atoms with E-state index in [0.29, 0.717) is 0 Å². The highest BCUT2D eigenvalue weighted by molar-refractivity contribution is 5.56. The van der Waals surface area contributed by atoms with E-state index in [2.05, 4.69) is 46.8 Å². The van der Waals surface area contributed by atoms with Crippen LogP contribution in [0, 0.1) is 5.92 Å². The molecule has 1 aromatic heterocycles. The van der Waals surface area contributed by atoms with Crippen molar-refractivity contribution in [3.05, 3.63) is 41.7 Å². The van der Waals surface area contributed by atoms with E-state index in [0.717, 1.165) is 24.7 Å². The Morgan fingerprint density at radius 2 is 1.87 bits per heavy atom. The van der Waals surface area contributed by atoms with Gasteiger partial charge in [-0.05, 0) is 18.8 Å². The maximum atomic E-state index is 4.94. The third-order valence-electron chi connectivity index (χ3n) is 5.61. The van der Waals surface area contributed by atoms with E-state index < -0.39 is 0 Å². The van der Waals surface area contributed by atoms with Crippen LogP contribution < -0.4 is 0 Å². The second kappa shape index (κ2) is 6.48. The number of nitrogens with zero attached hydrogens (tertiary/aromatic N) is 3. The highest BCUT2D eigenvalue weighted by atomic mass is 15.2. The Bertz CT molecular complexity index is 653. The van der Waals surface area contributed by atoms with Gasteiger partial charge in [0.25, 0.3) is 0 Å². The Kier molecular flexibility index (Phi) is 4.21. The van der Waals surface area contributed by atoms with Crippen molar-refractivity contribution in [3.63, 3.8) is 0 Å². The van der Waals surface area contributed by atoms with Crippen molar-refractivity contribution >= 4 is 0 Å². The molecule has 0 atom stereocenters. The lowest BCUT2D eigenvalue weighted by molar-refractivity contribution is 0.183. The molecule has 1 aliphatic heterocycles. The molecule has 1 aromatic carbocycles. The maximum Gasteiger partial charge on any atom is 0.140 e. The van der Waals surface area contributed by atoms with Gasteiger partial charge in [0.1, 0.15) is 5.82 Å². The highest BCUT2D eigenvalue weighted by Gasteiger charge is 2.25. The van der Waals surface area contributed by atoms with Gasteiger partial charge in [-0.15, -0.1) is 0 Å². The normalized spacial score (nSPS) is 19.7. The van der Waals surface area contributed by atoms with Gasteiger partial charge >= 0.3 is 0 Å². The van der Waals surface area contributed by atoms with Crippen molar-refractivity contribution < 1.29 is 0 Å². The molecule has 0 saturated heterocycles. The van der Waals surface area contributed by atoms with Crippen LogP contribution in [0.25, 0.3) is 11.4 Å². The van der Waals surface area contributed by atoms with Crippen molar-refractivity contribution in [2.24, 2.45) is 13.0 Å². The Labute approximate surface area is 139 Å². The molecule has 0 bridgehead atoms. The zero-order valence-electron chi connectivity index (χ0n) is 14.2. The van der Waals surface area contributed by atoms with Crippen molar-refractivity contribution in [1.29, 1.82) is 0 Å². The molecule has 1 aliphatic carbocycles. The molecule has 2 aliphatic rings. The lowest BCUT2D eigenvalue weighted by Crippen LogP contribution is -2.35. The molecule has 4 rings (SSSR count). The van der Waals surface area contributed by atoms with Gasteiger partial charge in [0.05, 0.1) is 11.4 Å². The fourth-order valence-electron chi connectivity index (χ4n) is 4.28. The predicted molar refractivity (Wildman–Crippen MR) is 94.2 cm³/mol. The second-order valence-electron chi connectivity index (χ2n) is 7.24. The fraction of sp³-hybridized carbons (Fsp3) is 0.550. The summed E-state index contributed by atoms with van der Waals surface area (Å²) < 4.78 is 2.32. The molecule has 2 aromatic rings. The summed E-state index contributed by atoms with van der Waals surface area (Å²) in [6.45, 7) is 3.53. The number of aromatic nitrogens is 2. The first-order valence-electron chi connectivity index (χ1n) is 9.13. The number of benzene rings is 1. The summed E-state index contributed by atoms with van der Waals surface area (Å²) in [5, 5.41) is 0. The van der Waals surface area contributed by atoms with Crippen LogP contribution in [-0.4, -0.2) is 27.5 Å². The highest BCUT2D eigenvalue weighted by Crippen LogP contribution is 2.29. The number of hydrogen-bond donors (Lipinski definition) is 0. The third kappa shape index (κ3) is 3.07. The summed E-state index contributed by atoms with van der Waals surface area (Å²) >= 11 is 0. The molecule has 0 amide bonds. The molecule has 3 nitrogen and oxygen atoms in total. The summed E-state index contributed by atoms with van der Waals surface area (Å²) in [6.07, 6.45) is 8.29. The minimum Gasteiger partial charge on any atom is -0.330 e. The van der Waals surface area contributed by atoms with Crippen LogP contribution in [0.1, 0.15) is 43.5 Å². The predicted octanol–water partition coefficient (Wildman–Crippen LogP) is 4.03. The van der Waals surface area contributed by atoms with E-state index in [1.807, 2.05) is 0 Å². The molecule has 122 valence electrons. The van der Waals surface area contributed by atoms with Crippen LogP contribution in [0.2, 0.25) is 0 Å². The van der Waals surface area contributed by atoms with Gasteiger partial charge in [0, 0.05) is 38.7 Å². The van der Waals surface area contributed by atoms with E-state index in [4.69, 9.17) is 4.98 Å². The summed E-state index contributed by atoms with van der Waals surface area (Å²) in [5.41, 5.74) is 3.96. The SMILES string of the molecule is Cn1c(-c2ccccc2)nc2c1CN(CC1CCCCC1)CC2. The van der Waals surface area contributed by atoms with Gasteiger partial charge in [0.15, 0.2) is 0 Å². The number of hydrogen-bond acceptors (Lipinski definition) is 2. The Hall–Kier alpha value is -1.61. The average Bonchev–Trinajstić information content (AvgIpc) is 2.93. The van der Waals surface area contributed by atoms with E-state index >= 15 is 0 Å². The summed E-state index contributed by atoms with van der Waals surface area (Å²) in [5.74, 6) is 2.04. The lowest BCUT2D eigenvalue weighted by Gasteiger charge is -2.32. The largest absolute Gasteiger partial charge is 0.330 e. The summed E-state index contributed by atoms with van der Waals surface area (Å²) in [4.78, 5) is 7.60. The van der Waals surface area contributed by atoms with E-state index in [1.54, 1.807) is 0 Å². The van der Waals surface area contributed by atoms with Crippen LogP contribution in [0.15, 0.2) is 30.3 Å². The van der Waals surface area contributed by atoms with Gasteiger partial charge in [-0.25, -0.2) is 4.98 Å². The standard InChI is InChI=1S/C20H27N3/c1-22-19-15-23(14-16-8-4-2-5-9-16)13-12-18(19)21-20(22)17-10-6-3-7-11-17/h3,6-7,10-11,16H,2,4-5,8-9,12-15H2,1H3. The first-order valence-corrected chi connectivity index (χ1v) is 9.13. The summed E-state index contributed by atoms with van der Waals surface area (Å²) in [7, 11) is 2.18. The molecule has 0 spiro atoms. The fourth-order valence-corrected chi connectivity index (χ4v) is 4.28. The topological polar surface area (TPSA) is 21.1 Å². The summed E-state index contributed by atoms with van der Waals surface area (Å²) in [6, 6.07) is 10.6. The van der Waals surface area contributed by atoms with Gasteiger partial charge in [-0.2, -0.15) is 0 Å². The molecule has 1 saturated carbocycles. The Morgan fingerprint density at radius 3 is 2.65 bits per heavy atom. The first kappa shape index (κ1) is 14.9. The second-order valence-corrected chi connectivity index (χ2v) is 7.24. The van der Waals surface area contributed by atoms with Crippen LogP contribution in [0.3, 0.4) is 0 Å². The van der Waals surface area contributed by atoms with E-state index in [-0.39, 0.29) is 0 Å². The smallest absolute Gasteiger partial charge is 0.140 e. The lowest BCUT2D eigenvalue weighted by atomic mass is 9.88. The Morgan fingerprint density at radius 1 is 1.09 bits per heavy atom. The van der Waals surface area contributed by atoms with Crippen LogP contribution >= 0.6 is 0 Å². The minimum absolute atomic E-state index is 0.923. The van der Waals surface area contributed by atoms with Crippen molar-refractivity contribution in [3.8, 4) is 11.4 Å². The number of rotatable bonds is 3. The first-order chi connectivity index (χ1) is 11.3. The third-order valence-corrected chi connectivity index (χ3v) is 5.61. The van der Waals surface area contributed by atoms with Crippen LogP contribution in [0.4, 0.5) is 0 Å². The van der Waals surface area contributed by atoms with Crippen LogP contribution in [-0.2, 0) is 20.0 Å². The molecule has 0 N–H and O–H groups in total. The zero-order chi connectivity index (χ0) is 15.6. The molecule has 0 unspecified atom stereocenters. The molecule has 3 heteroatoms. The van der Waals surface area contributed by atoms with Gasteiger partial charge in [0.2, 0.25) is 0 Å². The maximum absolute atomic E-state index is 4.94. The molecule has 1 fully saturated rings. The number of fused-ring (bicyclic) bond motifs is 1. The van der Waals surface area contributed by atoms with E-state index in [1.165, 1.54) is 62.1 Å². The van der Waals surface area contributed by atoms with Crippen molar-refractivity contribution in [2.45, 2.75) is 45.1 Å². The van der Waals surface area contributed by atoms with Gasteiger partial charge < -0.3 is 4.57 Å². The quantitative estimate of drug-likeness (QED) is 0.853. The van der Waals surface area contributed by atoms with Gasteiger partial charge in [-0.1, -0.05) is 49.6 Å². The molecule has 2 heterocycles. The van der Waals surface area contributed by atoms with Crippen molar-refractivity contribution in [2.75, 3.05) is 13.1 Å². The van der Waals surface area contributed by atoms with Crippen LogP contribution in [0.5, 0.6) is 0 Å². The minimum atomic E-state index is 0.923. The average molecular weight is 309 g/mol. The van der Waals surface area contributed by atoms with Crippen molar-refractivity contribution in [1.82, 2.24) is 14.5 Å². The molecule has 23 heavy (non-hydrogen) atoms. The number of imidazole rings is 1.